The summed E-state index contributed by atoms with van der Waals surface area (Å²) >= 11 is 0. The number of benzene rings is 2. The predicted octanol–water partition coefficient (Wildman–Crippen LogP) is 6.10. The third-order valence-electron chi connectivity index (χ3n) is 4.14. The zero-order valence-electron chi connectivity index (χ0n) is 15.3. The molecule has 1 heterocycles. The fraction of sp³-hybridized carbons (Fsp3) is 0.150. The molecular weight excluding hydrogens is 414 g/mol. The number of hydrogen-bond acceptors (Lipinski definition) is 4. The molecule has 0 radical (unpaired) electrons. The highest BCUT2D eigenvalue weighted by molar-refractivity contribution is 5.84. The third kappa shape index (κ3) is 5.13. The van der Waals surface area contributed by atoms with Crippen molar-refractivity contribution < 1.29 is 35.8 Å². The van der Waals surface area contributed by atoms with Gasteiger partial charge in [-0.2, -0.15) is 0 Å². The largest absolute Gasteiger partial charge is 0.573 e. The smallest absolute Gasteiger partial charge is 0.406 e. The number of halogens is 6. The average Bonchev–Trinajstić information content (AvgIpc) is 2.62. The minimum Gasteiger partial charge on any atom is -0.406 e. The van der Waals surface area contributed by atoms with Crippen LogP contribution in [0.15, 0.2) is 54.7 Å². The normalized spacial score (nSPS) is 12.0. The maximum atomic E-state index is 12.3. The fourth-order valence-electron chi connectivity index (χ4n) is 2.94. The second-order valence-electron chi connectivity index (χ2n) is 6.20. The Balaban J connectivity index is 1.94. The van der Waals surface area contributed by atoms with Crippen LogP contribution in [0.25, 0.3) is 22.3 Å². The first-order chi connectivity index (χ1) is 13.9. The van der Waals surface area contributed by atoms with Crippen molar-refractivity contribution in [1.29, 1.82) is 0 Å². The van der Waals surface area contributed by atoms with E-state index < -0.39 is 12.7 Å². The van der Waals surface area contributed by atoms with E-state index in [1.165, 1.54) is 42.6 Å². The summed E-state index contributed by atoms with van der Waals surface area (Å²) in [5, 5.41) is 0. The topological polar surface area (TPSA) is 57.4 Å². The molecule has 0 fully saturated rings. The van der Waals surface area contributed by atoms with Gasteiger partial charge in [0, 0.05) is 17.3 Å². The molecule has 2 N–H and O–H groups in total. The molecule has 2 aromatic carbocycles. The Kier molecular flexibility index (Phi) is 5.51. The summed E-state index contributed by atoms with van der Waals surface area (Å²) in [6, 6.07) is 10.3. The third-order valence-corrected chi connectivity index (χ3v) is 4.14. The molecule has 10 heteroatoms. The maximum Gasteiger partial charge on any atom is 0.573 e. The van der Waals surface area contributed by atoms with Crippen molar-refractivity contribution in [2.75, 3.05) is 5.73 Å². The summed E-state index contributed by atoms with van der Waals surface area (Å²) < 4.78 is 81.6. The lowest BCUT2D eigenvalue weighted by atomic mass is 9.94. The molecule has 0 amide bonds. The summed E-state index contributed by atoms with van der Waals surface area (Å²) in [6.07, 6.45) is -8.13. The van der Waals surface area contributed by atoms with E-state index in [0.717, 1.165) is 12.1 Å². The van der Waals surface area contributed by atoms with Gasteiger partial charge in [-0.25, -0.2) is 4.98 Å². The summed E-state index contributed by atoms with van der Waals surface area (Å²) in [6.45, 7) is 1.73. The van der Waals surface area contributed by atoms with Gasteiger partial charge in [0.05, 0.1) is 0 Å². The van der Waals surface area contributed by atoms with Gasteiger partial charge in [-0.3, -0.25) is 0 Å². The molecule has 0 saturated heterocycles. The SMILES string of the molecule is Cc1c(-c2ccc(OC(F)(F)F)cc2)cnc(N)c1-c1ccc(OC(F)(F)F)cc1. The lowest BCUT2D eigenvalue weighted by Gasteiger charge is -2.15. The Morgan fingerprint density at radius 2 is 1.17 bits per heavy atom. The van der Waals surface area contributed by atoms with Gasteiger partial charge < -0.3 is 15.2 Å². The van der Waals surface area contributed by atoms with Crippen molar-refractivity contribution in [2.24, 2.45) is 0 Å². The summed E-state index contributed by atoms with van der Waals surface area (Å²) in [5.74, 6) is -0.600. The number of aromatic nitrogens is 1. The summed E-state index contributed by atoms with van der Waals surface area (Å²) in [4.78, 5) is 4.11. The van der Waals surface area contributed by atoms with Crippen molar-refractivity contribution in [3.05, 3.63) is 60.3 Å². The van der Waals surface area contributed by atoms with Gasteiger partial charge in [0.2, 0.25) is 0 Å². The van der Waals surface area contributed by atoms with Crippen LogP contribution in [0.4, 0.5) is 32.2 Å². The van der Waals surface area contributed by atoms with Crippen LogP contribution in [0.5, 0.6) is 11.5 Å². The lowest BCUT2D eigenvalue weighted by molar-refractivity contribution is -0.275. The monoisotopic (exact) mass is 428 g/mol. The van der Waals surface area contributed by atoms with E-state index in [1.54, 1.807) is 6.92 Å². The molecule has 3 aromatic rings. The quantitative estimate of drug-likeness (QED) is 0.510. The minimum absolute atomic E-state index is 0.151. The van der Waals surface area contributed by atoms with Gasteiger partial charge >= 0.3 is 12.7 Å². The van der Waals surface area contributed by atoms with Crippen molar-refractivity contribution in [2.45, 2.75) is 19.6 Å². The highest BCUT2D eigenvalue weighted by Gasteiger charge is 2.31. The molecule has 30 heavy (non-hydrogen) atoms. The Bertz CT molecular complexity index is 1030. The van der Waals surface area contributed by atoms with Gasteiger partial charge in [0.1, 0.15) is 17.3 Å². The van der Waals surface area contributed by atoms with Gasteiger partial charge in [0.15, 0.2) is 0 Å². The zero-order chi connectivity index (χ0) is 22.1. The van der Waals surface area contributed by atoms with Crippen LogP contribution in [0.3, 0.4) is 0 Å². The molecule has 0 unspecified atom stereocenters. The number of pyridine rings is 1. The van der Waals surface area contributed by atoms with Crippen molar-refractivity contribution in [3.8, 4) is 33.8 Å². The van der Waals surface area contributed by atoms with Crippen LogP contribution in [0, 0.1) is 6.92 Å². The second-order valence-corrected chi connectivity index (χ2v) is 6.20. The van der Waals surface area contributed by atoms with Crippen LogP contribution in [-0.2, 0) is 0 Å². The highest BCUT2D eigenvalue weighted by Crippen LogP contribution is 2.36. The van der Waals surface area contributed by atoms with Crippen LogP contribution < -0.4 is 15.2 Å². The number of anilines is 1. The van der Waals surface area contributed by atoms with E-state index in [1.807, 2.05) is 0 Å². The fourth-order valence-corrected chi connectivity index (χ4v) is 2.94. The first-order valence-electron chi connectivity index (χ1n) is 8.40. The minimum atomic E-state index is -4.81. The van der Waals surface area contributed by atoms with Crippen LogP contribution in [-0.4, -0.2) is 17.7 Å². The van der Waals surface area contributed by atoms with Crippen LogP contribution in [0.2, 0.25) is 0 Å². The molecule has 0 atom stereocenters. The van der Waals surface area contributed by atoms with E-state index in [0.29, 0.717) is 27.8 Å². The van der Waals surface area contributed by atoms with E-state index in [9.17, 15) is 26.3 Å². The van der Waals surface area contributed by atoms with E-state index in [4.69, 9.17) is 5.73 Å². The zero-order valence-corrected chi connectivity index (χ0v) is 15.3. The second kappa shape index (κ2) is 7.77. The molecule has 1 aromatic heterocycles. The summed E-state index contributed by atoms with van der Waals surface area (Å²) in [7, 11) is 0. The molecule has 0 aliphatic rings. The number of nitrogens with two attached hydrogens (primary N) is 1. The standard InChI is InChI=1S/C20H14F6N2O2/c1-11-16(12-2-6-14(7-3-12)29-19(21,22)23)10-28-18(27)17(11)13-4-8-15(9-5-13)30-20(24,25)26/h2-10H,1H3,(H2,27,28). The molecule has 0 spiro atoms. The van der Waals surface area contributed by atoms with Gasteiger partial charge in [-0.05, 0) is 47.9 Å². The molecule has 4 nitrogen and oxygen atoms in total. The molecule has 0 aliphatic carbocycles. The number of hydrogen-bond donors (Lipinski definition) is 1. The Labute approximate surface area is 166 Å². The van der Waals surface area contributed by atoms with Gasteiger partial charge in [-0.1, -0.05) is 24.3 Å². The average molecular weight is 428 g/mol. The predicted molar refractivity (Wildman–Crippen MR) is 97.6 cm³/mol. The molecule has 0 bridgehead atoms. The van der Waals surface area contributed by atoms with Gasteiger partial charge in [0.25, 0.3) is 0 Å². The molecule has 0 saturated carbocycles. The van der Waals surface area contributed by atoms with Crippen molar-refractivity contribution in [3.63, 3.8) is 0 Å². The van der Waals surface area contributed by atoms with Crippen LogP contribution >= 0.6 is 0 Å². The lowest BCUT2D eigenvalue weighted by Crippen LogP contribution is -2.17. The Morgan fingerprint density at radius 3 is 1.60 bits per heavy atom. The highest BCUT2D eigenvalue weighted by atomic mass is 19.4. The van der Waals surface area contributed by atoms with Crippen LogP contribution in [0.1, 0.15) is 5.56 Å². The van der Waals surface area contributed by atoms with Gasteiger partial charge in [-0.15, -0.1) is 26.3 Å². The molecule has 3 rings (SSSR count). The number of ether oxygens (including phenoxy) is 2. The maximum absolute atomic E-state index is 12.3. The number of alkyl halides is 6. The van der Waals surface area contributed by atoms with Crippen molar-refractivity contribution in [1.82, 2.24) is 4.98 Å². The molecule has 158 valence electrons. The number of nitrogens with zero attached hydrogens (tertiary/aromatic N) is 1. The number of nitrogen functional groups attached to an aromatic ring is 1. The molecule has 0 aliphatic heterocycles. The van der Waals surface area contributed by atoms with E-state index in [-0.39, 0.29) is 17.3 Å². The first-order valence-corrected chi connectivity index (χ1v) is 8.40. The van der Waals surface area contributed by atoms with Crippen molar-refractivity contribution >= 4 is 5.82 Å². The van der Waals surface area contributed by atoms with E-state index >= 15 is 0 Å². The molecular formula is C20H14F6N2O2. The summed E-state index contributed by atoms with van der Waals surface area (Å²) in [5.41, 5.74) is 8.76. The first kappa shape index (κ1) is 21.3. The Morgan fingerprint density at radius 1 is 0.733 bits per heavy atom. The van der Waals surface area contributed by atoms with E-state index in [2.05, 4.69) is 14.5 Å². The Hall–Kier alpha value is -3.43. The number of rotatable bonds is 4.